The molecule has 13 heavy (non-hydrogen) atoms. The molecule has 1 heterocycles. The largest absolute Gasteiger partial charge is 0.330 e. The van der Waals surface area contributed by atoms with Gasteiger partial charge in [-0.1, -0.05) is 13.8 Å². The highest BCUT2D eigenvalue weighted by Crippen LogP contribution is 2.31. The Labute approximate surface area is 82.5 Å². The second-order valence-corrected chi connectivity index (χ2v) is 5.71. The molecule has 2 N–H and O–H groups in total. The van der Waals surface area contributed by atoms with Crippen molar-refractivity contribution in [1.82, 2.24) is 4.90 Å². The fraction of sp³-hybridized carbons (Fsp3) is 1.00. The van der Waals surface area contributed by atoms with Crippen molar-refractivity contribution in [2.24, 2.45) is 11.1 Å². The van der Waals surface area contributed by atoms with Crippen LogP contribution in [0.15, 0.2) is 0 Å². The van der Waals surface area contributed by atoms with Crippen molar-refractivity contribution >= 4 is 0 Å². The predicted octanol–water partition coefficient (Wildman–Crippen LogP) is 1.85. The molecule has 0 saturated carbocycles. The van der Waals surface area contributed by atoms with Gasteiger partial charge in [-0.25, -0.2) is 0 Å². The first-order valence-electron chi connectivity index (χ1n) is 5.32. The van der Waals surface area contributed by atoms with E-state index in [0.717, 1.165) is 13.1 Å². The predicted molar refractivity (Wildman–Crippen MR) is 57.7 cm³/mol. The lowest BCUT2D eigenvalue weighted by molar-refractivity contribution is 0.117. The Balaban J connectivity index is 2.54. The molecule has 0 bridgehead atoms. The molecular weight excluding hydrogens is 160 g/mol. The summed E-state index contributed by atoms with van der Waals surface area (Å²) in [5, 5.41) is 0. The highest BCUT2D eigenvalue weighted by atomic mass is 15.2. The number of nitrogens with zero attached hydrogens (tertiary/aromatic N) is 1. The Kier molecular flexibility index (Phi) is 3.03. The van der Waals surface area contributed by atoms with E-state index >= 15 is 0 Å². The van der Waals surface area contributed by atoms with Crippen LogP contribution in [0.3, 0.4) is 0 Å². The van der Waals surface area contributed by atoms with Crippen LogP contribution in [-0.2, 0) is 0 Å². The fourth-order valence-corrected chi connectivity index (χ4v) is 2.04. The van der Waals surface area contributed by atoms with E-state index in [4.69, 9.17) is 5.73 Å². The standard InChI is InChI=1S/C11H24N2/c1-10(2,8-12)9-13-7-5-6-11(13,3)4/h5-9,12H2,1-4H3. The summed E-state index contributed by atoms with van der Waals surface area (Å²) in [4.78, 5) is 2.58. The lowest BCUT2D eigenvalue weighted by atomic mass is 9.91. The molecule has 0 atom stereocenters. The van der Waals surface area contributed by atoms with Gasteiger partial charge in [0.25, 0.3) is 0 Å². The molecule has 0 aromatic rings. The Morgan fingerprint density at radius 2 is 2.00 bits per heavy atom. The van der Waals surface area contributed by atoms with Gasteiger partial charge in [0.2, 0.25) is 0 Å². The van der Waals surface area contributed by atoms with E-state index in [1.54, 1.807) is 0 Å². The van der Waals surface area contributed by atoms with Gasteiger partial charge in [0.05, 0.1) is 0 Å². The summed E-state index contributed by atoms with van der Waals surface area (Å²) in [7, 11) is 0. The van der Waals surface area contributed by atoms with Crippen LogP contribution in [0.5, 0.6) is 0 Å². The lowest BCUT2D eigenvalue weighted by Gasteiger charge is -2.37. The summed E-state index contributed by atoms with van der Waals surface area (Å²) in [5.41, 5.74) is 6.41. The first-order valence-corrected chi connectivity index (χ1v) is 5.32. The number of rotatable bonds is 3. The van der Waals surface area contributed by atoms with Crippen molar-refractivity contribution in [3.05, 3.63) is 0 Å². The first-order chi connectivity index (χ1) is 5.87. The van der Waals surface area contributed by atoms with Gasteiger partial charge in [-0.2, -0.15) is 0 Å². The fourth-order valence-electron chi connectivity index (χ4n) is 2.04. The number of hydrogen-bond acceptors (Lipinski definition) is 2. The Morgan fingerprint density at radius 1 is 1.38 bits per heavy atom. The highest BCUT2D eigenvalue weighted by Gasteiger charge is 2.34. The second kappa shape index (κ2) is 3.58. The zero-order valence-corrected chi connectivity index (χ0v) is 9.56. The molecule has 0 radical (unpaired) electrons. The van der Waals surface area contributed by atoms with Gasteiger partial charge in [0.15, 0.2) is 0 Å². The van der Waals surface area contributed by atoms with Crippen molar-refractivity contribution in [2.75, 3.05) is 19.6 Å². The van der Waals surface area contributed by atoms with Crippen LogP contribution in [0.4, 0.5) is 0 Å². The van der Waals surface area contributed by atoms with Crippen LogP contribution in [0.1, 0.15) is 40.5 Å². The topological polar surface area (TPSA) is 29.3 Å². The molecule has 1 rings (SSSR count). The van der Waals surface area contributed by atoms with E-state index in [0.29, 0.717) is 5.54 Å². The summed E-state index contributed by atoms with van der Waals surface area (Å²) in [6.45, 7) is 12.3. The summed E-state index contributed by atoms with van der Waals surface area (Å²) in [6.07, 6.45) is 2.67. The Morgan fingerprint density at radius 3 is 2.38 bits per heavy atom. The van der Waals surface area contributed by atoms with Crippen LogP contribution in [-0.4, -0.2) is 30.1 Å². The Hall–Kier alpha value is -0.0800. The second-order valence-electron chi connectivity index (χ2n) is 5.71. The lowest BCUT2D eigenvalue weighted by Crippen LogP contribution is -2.45. The number of likely N-dealkylation sites (tertiary alicyclic amines) is 1. The van der Waals surface area contributed by atoms with Gasteiger partial charge in [0, 0.05) is 12.1 Å². The first kappa shape index (κ1) is 11.0. The van der Waals surface area contributed by atoms with Crippen molar-refractivity contribution in [1.29, 1.82) is 0 Å². The molecule has 1 fully saturated rings. The minimum absolute atomic E-state index is 0.265. The molecule has 2 nitrogen and oxygen atoms in total. The van der Waals surface area contributed by atoms with Crippen molar-refractivity contribution in [2.45, 2.75) is 46.1 Å². The van der Waals surface area contributed by atoms with Crippen molar-refractivity contribution in [3.8, 4) is 0 Å². The van der Waals surface area contributed by atoms with Crippen LogP contribution in [0.25, 0.3) is 0 Å². The van der Waals surface area contributed by atoms with Crippen molar-refractivity contribution < 1.29 is 0 Å². The maximum atomic E-state index is 5.75. The summed E-state index contributed by atoms with van der Waals surface area (Å²) in [5.74, 6) is 0. The molecule has 1 saturated heterocycles. The molecule has 2 heteroatoms. The van der Waals surface area contributed by atoms with E-state index in [-0.39, 0.29) is 5.41 Å². The molecule has 1 aliphatic heterocycles. The average Bonchev–Trinajstić information content (AvgIpc) is 2.31. The molecule has 0 spiro atoms. The third-order valence-corrected chi connectivity index (χ3v) is 3.24. The number of nitrogens with two attached hydrogens (primary N) is 1. The summed E-state index contributed by atoms with van der Waals surface area (Å²) < 4.78 is 0. The van der Waals surface area contributed by atoms with Gasteiger partial charge in [-0.3, -0.25) is 4.90 Å². The van der Waals surface area contributed by atoms with E-state index in [1.807, 2.05) is 0 Å². The average molecular weight is 184 g/mol. The third-order valence-electron chi connectivity index (χ3n) is 3.24. The van der Waals surface area contributed by atoms with E-state index < -0.39 is 0 Å². The van der Waals surface area contributed by atoms with Crippen LogP contribution >= 0.6 is 0 Å². The van der Waals surface area contributed by atoms with E-state index in [1.165, 1.54) is 19.4 Å². The molecule has 0 aliphatic carbocycles. The van der Waals surface area contributed by atoms with Gasteiger partial charge in [0.1, 0.15) is 0 Å². The molecule has 1 aliphatic rings. The van der Waals surface area contributed by atoms with Gasteiger partial charge < -0.3 is 5.73 Å². The SMILES string of the molecule is CC(C)(CN)CN1CCCC1(C)C. The smallest absolute Gasteiger partial charge is 0.0153 e. The van der Waals surface area contributed by atoms with Crippen LogP contribution < -0.4 is 5.73 Å². The van der Waals surface area contributed by atoms with Crippen molar-refractivity contribution in [3.63, 3.8) is 0 Å². The molecule has 0 unspecified atom stereocenters. The third kappa shape index (κ3) is 2.68. The van der Waals surface area contributed by atoms with Gasteiger partial charge in [-0.05, 0) is 45.2 Å². The maximum Gasteiger partial charge on any atom is 0.0153 e. The normalized spacial score (nSPS) is 23.8. The molecule has 78 valence electrons. The summed E-state index contributed by atoms with van der Waals surface area (Å²) >= 11 is 0. The summed E-state index contributed by atoms with van der Waals surface area (Å²) in [6, 6.07) is 0. The Bertz CT molecular complexity index is 173. The maximum absolute atomic E-state index is 5.75. The number of hydrogen-bond donors (Lipinski definition) is 1. The highest BCUT2D eigenvalue weighted by molar-refractivity contribution is 4.90. The zero-order chi connectivity index (χ0) is 10.1. The van der Waals surface area contributed by atoms with Crippen LogP contribution in [0, 0.1) is 5.41 Å². The zero-order valence-electron chi connectivity index (χ0n) is 9.56. The molecule has 0 amide bonds. The molecular formula is C11H24N2. The molecule has 0 aromatic carbocycles. The minimum atomic E-state index is 0.265. The van der Waals surface area contributed by atoms with Gasteiger partial charge in [-0.15, -0.1) is 0 Å². The monoisotopic (exact) mass is 184 g/mol. The quantitative estimate of drug-likeness (QED) is 0.725. The van der Waals surface area contributed by atoms with Crippen LogP contribution in [0.2, 0.25) is 0 Å². The van der Waals surface area contributed by atoms with Gasteiger partial charge >= 0.3 is 0 Å². The molecule has 0 aromatic heterocycles. The van der Waals surface area contributed by atoms with E-state index in [9.17, 15) is 0 Å². The minimum Gasteiger partial charge on any atom is -0.330 e. The van der Waals surface area contributed by atoms with E-state index in [2.05, 4.69) is 32.6 Å².